The minimum atomic E-state index is 0.436. The minimum Gasteiger partial charge on any atom is -0.487 e. The lowest BCUT2D eigenvalue weighted by Gasteiger charge is -2.12. The molecule has 0 spiro atoms. The van der Waals surface area contributed by atoms with Gasteiger partial charge in [0.15, 0.2) is 0 Å². The van der Waals surface area contributed by atoms with Gasteiger partial charge in [0.05, 0.1) is 5.69 Å². The highest BCUT2D eigenvalue weighted by molar-refractivity contribution is 5.38. The molecular formula is C16H20N2O. The van der Waals surface area contributed by atoms with Gasteiger partial charge in [-0.25, -0.2) is 0 Å². The summed E-state index contributed by atoms with van der Waals surface area (Å²) < 4.78 is 5.74. The quantitative estimate of drug-likeness (QED) is 0.907. The highest BCUT2D eigenvalue weighted by Crippen LogP contribution is 2.23. The van der Waals surface area contributed by atoms with Crippen molar-refractivity contribution in [3.05, 3.63) is 53.3 Å². The van der Waals surface area contributed by atoms with Gasteiger partial charge in [-0.1, -0.05) is 19.9 Å². The third kappa shape index (κ3) is 3.47. The second-order valence-corrected chi connectivity index (χ2v) is 5.04. The van der Waals surface area contributed by atoms with E-state index >= 15 is 0 Å². The number of hydrogen-bond donors (Lipinski definition) is 1. The van der Waals surface area contributed by atoms with E-state index in [0.29, 0.717) is 18.2 Å². The highest BCUT2D eigenvalue weighted by atomic mass is 16.5. The van der Waals surface area contributed by atoms with Crippen LogP contribution in [0.15, 0.2) is 36.5 Å². The first-order valence-corrected chi connectivity index (χ1v) is 6.50. The Morgan fingerprint density at radius 3 is 2.63 bits per heavy atom. The predicted octanol–water partition coefficient (Wildman–Crippen LogP) is 3.67. The van der Waals surface area contributed by atoms with Gasteiger partial charge < -0.3 is 10.5 Å². The van der Waals surface area contributed by atoms with Crippen LogP contribution in [0.3, 0.4) is 0 Å². The molecule has 3 heteroatoms. The number of hydrogen-bond acceptors (Lipinski definition) is 3. The molecule has 1 aromatic carbocycles. The summed E-state index contributed by atoms with van der Waals surface area (Å²) in [5, 5.41) is 0. The lowest BCUT2D eigenvalue weighted by atomic mass is 9.98. The first kappa shape index (κ1) is 13.4. The van der Waals surface area contributed by atoms with Gasteiger partial charge in [0.2, 0.25) is 0 Å². The van der Waals surface area contributed by atoms with Crippen molar-refractivity contribution in [1.82, 2.24) is 4.98 Å². The van der Waals surface area contributed by atoms with Crippen molar-refractivity contribution in [3.63, 3.8) is 0 Å². The number of aryl methyl sites for hydroxylation is 1. The average Bonchev–Trinajstić information content (AvgIpc) is 2.36. The molecule has 0 saturated heterocycles. The molecule has 0 atom stereocenters. The minimum absolute atomic E-state index is 0.436. The van der Waals surface area contributed by atoms with Gasteiger partial charge >= 0.3 is 0 Å². The molecule has 0 aliphatic heterocycles. The SMILES string of the molecule is Cc1cc(OCc2cc(N)ccn2)ccc1C(C)C. The van der Waals surface area contributed by atoms with Crippen molar-refractivity contribution in [3.8, 4) is 5.75 Å². The van der Waals surface area contributed by atoms with Crippen molar-refractivity contribution in [2.75, 3.05) is 5.73 Å². The van der Waals surface area contributed by atoms with Crippen LogP contribution in [0.25, 0.3) is 0 Å². The maximum absolute atomic E-state index is 5.74. The number of nitrogen functional groups attached to an aromatic ring is 1. The number of ether oxygens (including phenoxy) is 1. The van der Waals surface area contributed by atoms with Crippen LogP contribution in [0, 0.1) is 6.92 Å². The van der Waals surface area contributed by atoms with Crippen LogP contribution in [0.5, 0.6) is 5.75 Å². The molecule has 0 aliphatic rings. The van der Waals surface area contributed by atoms with Crippen LogP contribution < -0.4 is 10.5 Å². The molecule has 2 N–H and O–H groups in total. The monoisotopic (exact) mass is 256 g/mol. The lowest BCUT2D eigenvalue weighted by Crippen LogP contribution is -2.00. The van der Waals surface area contributed by atoms with Crippen LogP contribution in [-0.4, -0.2) is 4.98 Å². The van der Waals surface area contributed by atoms with Crippen LogP contribution in [0.2, 0.25) is 0 Å². The van der Waals surface area contributed by atoms with Crippen LogP contribution >= 0.6 is 0 Å². The Balaban J connectivity index is 2.06. The zero-order valence-corrected chi connectivity index (χ0v) is 11.7. The Kier molecular flexibility index (Phi) is 4.05. The molecule has 19 heavy (non-hydrogen) atoms. The zero-order valence-electron chi connectivity index (χ0n) is 11.7. The molecule has 0 saturated carbocycles. The number of anilines is 1. The summed E-state index contributed by atoms with van der Waals surface area (Å²) in [6.45, 7) is 6.94. The molecular weight excluding hydrogens is 236 g/mol. The molecule has 1 aromatic heterocycles. The summed E-state index contributed by atoms with van der Waals surface area (Å²) in [6, 6.07) is 9.80. The summed E-state index contributed by atoms with van der Waals surface area (Å²) in [5.41, 5.74) is 9.87. The van der Waals surface area contributed by atoms with Crippen LogP contribution in [0.1, 0.15) is 36.6 Å². The van der Waals surface area contributed by atoms with E-state index in [0.717, 1.165) is 11.4 Å². The Morgan fingerprint density at radius 1 is 1.21 bits per heavy atom. The molecule has 1 heterocycles. The molecule has 2 rings (SSSR count). The van der Waals surface area contributed by atoms with Gasteiger partial charge in [-0.05, 0) is 48.2 Å². The van der Waals surface area contributed by atoms with Crippen molar-refractivity contribution in [2.45, 2.75) is 33.3 Å². The van der Waals surface area contributed by atoms with Gasteiger partial charge in [-0.3, -0.25) is 4.98 Å². The van der Waals surface area contributed by atoms with Gasteiger partial charge in [-0.15, -0.1) is 0 Å². The third-order valence-electron chi connectivity index (χ3n) is 3.09. The van der Waals surface area contributed by atoms with E-state index in [4.69, 9.17) is 10.5 Å². The highest BCUT2D eigenvalue weighted by Gasteiger charge is 2.05. The van der Waals surface area contributed by atoms with Crippen molar-refractivity contribution >= 4 is 5.69 Å². The molecule has 3 nitrogen and oxygen atoms in total. The lowest BCUT2D eigenvalue weighted by molar-refractivity contribution is 0.301. The predicted molar refractivity (Wildman–Crippen MR) is 78.2 cm³/mol. The van der Waals surface area contributed by atoms with E-state index in [9.17, 15) is 0 Å². The van der Waals surface area contributed by atoms with Gasteiger partial charge in [0.1, 0.15) is 12.4 Å². The summed E-state index contributed by atoms with van der Waals surface area (Å²) in [6.07, 6.45) is 1.70. The smallest absolute Gasteiger partial charge is 0.130 e. The standard InChI is InChI=1S/C16H20N2O/c1-11(2)16-5-4-15(8-12(16)3)19-10-14-9-13(17)6-7-18-14/h4-9,11H,10H2,1-3H3,(H2,17,18). The van der Waals surface area contributed by atoms with Crippen LogP contribution in [0.4, 0.5) is 5.69 Å². The van der Waals surface area contributed by atoms with Crippen molar-refractivity contribution < 1.29 is 4.74 Å². The van der Waals surface area contributed by atoms with Crippen molar-refractivity contribution in [2.24, 2.45) is 0 Å². The molecule has 0 amide bonds. The number of aromatic nitrogens is 1. The Hall–Kier alpha value is -2.03. The normalized spacial score (nSPS) is 10.7. The number of benzene rings is 1. The van der Waals surface area contributed by atoms with E-state index in [2.05, 4.69) is 37.9 Å². The zero-order chi connectivity index (χ0) is 13.8. The average molecular weight is 256 g/mol. The summed E-state index contributed by atoms with van der Waals surface area (Å²) in [7, 11) is 0. The van der Waals surface area contributed by atoms with Gasteiger partial charge in [-0.2, -0.15) is 0 Å². The molecule has 0 unspecified atom stereocenters. The van der Waals surface area contributed by atoms with E-state index in [1.54, 1.807) is 12.3 Å². The first-order chi connectivity index (χ1) is 9.06. The number of nitrogens with two attached hydrogens (primary N) is 1. The molecule has 0 fully saturated rings. The first-order valence-electron chi connectivity index (χ1n) is 6.50. The molecule has 100 valence electrons. The number of nitrogens with zero attached hydrogens (tertiary/aromatic N) is 1. The summed E-state index contributed by atoms with van der Waals surface area (Å²) >= 11 is 0. The van der Waals surface area contributed by atoms with E-state index in [-0.39, 0.29) is 0 Å². The molecule has 2 aromatic rings. The third-order valence-corrected chi connectivity index (χ3v) is 3.09. The topological polar surface area (TPSA) is 48.1 Å². The Labute approximate surface area is 114 Å². The number of rotatable bonds is 4. The summed E-state index contributed by atoms with van der Waals surface area (Å²) in [4.78, 5) is 4.22. The van der Waals surface area contributed by atoms with E-state index in [1.165, 1.54) is 11.1 Å². The fourth-order valence-electron chi connectivity index (χ4n) is 2.12. The van der Waals surface area contributed by atoms with E-state index < -0.39 is 0 Å². The van der Waals surface area contributed by atoms with Crippen molar-refractivity contribution in [1.29, 1.82) is 0 Å². The molecule has 0 aliphatic carbocycles. The molecule has 0 radical (unpaired) electrons. The van der Waals surface area contributed by atoms with E-state index in [1.807, 2.05) is 12.1 Å². The fourth-order valence-corrected chi connectivity index (χ4v) is 2.12. The largest absolute Gasteiger partial charge is 0.487 e. The second kappa shape index (κ2) is 5.74. The van der Waals surface area contributed by atoms with Gasteiger partial charge in [0, 0.05) is 11.9 Å². The molecule has 0 bridgehead atoms. The Bertz CT molecular complexity index is 564. The number of pyridine rings is 1. The van der Waals surface area contributed by atoms with Gasteiger partial charge in [0.25, 0.3) is 0 Å². The maximum atomic E-state index is 5.74. The van der Waals surface area contributed by atoms with Crippen LogP contribution in [-0.2, 0) is 6.61 Å². The summed E-state index contributed by atoms with van der Waals surface area (Å²) in [5.74, 6) is 1.40. The second-order valence-electron chi connectivity index (χ2n) is 5.04. The maximum Gasteiger partial charge on any atom is 0.130 e. The Morgan fingerprint density at radius 2 is 2.00 bits per heavy atom. The fraction of sp³-hybridized carbons (Fsp3) is 0.312.